The first-order chi connectivity index (χ1) is 34.8. The molecule has 3 heterocycles. The average Bonchev–Trinajstić information content (AvgIpc) is 4.08. The van der Waals surface area contributed by atoms with Crippen LogP contribution in [0.3, 0.4) is 0 Å². The van der Waals surface area contributed by atoms with Gasteiger partial charge in [0, 0.05) is 54.9 Å². The van der Waals surface area contributed by atoms with Crippen LogP contribution in [0.2, 0.25) is 0 Å². The number of para-hydroxylation sites is 5. The molecule has 11 aromatic carbocycles. The summed E-state index contributed by atoms with van der Waals surface area (Å²) in [6.07, 6.45) is 0. The standard InChI is InChI=1S/C66H45N3Si/c1-5-20-47(21-6-1)68-61-33-16-13-28-55(61)58-42-36-46(44-65(58)68)54-31-19-32-59-56-29-14-18-35-63(56)69(66(54)59)49-39-43-64-60(45-49)57-30-15-17-34-62(57)67(64)48-37-40-53(41-38-48)70(50-22-7-2-8-23-50,51-24-9-3-10-25-51)52-26-11-4-12-27-52/h1-45H. The van der Waals surface area contributed by atoms with Crippen LogP contribution >= 0.6 is 0 Å². The third kappa shape index (κ3) is 6.00. The van der Waals surface area contributed by atoms with Crippen molar-refractivity contribution in [2.75, 3.05) is 0 Å². The highest BCUT2D eigenvalue weighted by molar-refractivity contribution is 7.19. The lowest BCUT2D eigenvalue weighted by Crippen LogP contribution is -2.74. The van der Waals surface area contributed by atoms with E-state index in [1.807, 2.05) is 0 Å². The van der Waals surface area contributed by atoms with Crippen LogP contribution in [0.4, 0.5) is 0 Å². The fraction of sp³-hybridized carbons (Fsp3) is 0. The molecule has 0 saturated heterocycles. The minimum atomic E-state index is -2.68. The topological polar surface area (TPSA) is 14.8 Å². The van der Waals surface area contributed by atoms with Crippen LogP contribution in [0.15, 0.2) is 273 Å². The first-order valence-corrected chi connectivity index (χ1v) is 26.2. The highest BCUT2D eigenvalue weighted by atomic mass is 28.3. The third-order valence-corrected chi connectivity index (χ3v) is 19.6. The van der Waals surface area contributed by atoms with E-state index in [0.29, 0.717) is 0 Å². The number of fused-ring (bicyclic) bond motifs is 9. The molecular weight excluding hydrogens is 863 g/mol. The molecule has 14 aromatic rings. The lowest BCUT2D eigenvalue weighted by atomic mass is 10.00. The fourth-order valence-corrected chi connectivity index (χ4v) is 16.6. The Morgan fingerprint density at radius 1 is 0.229 bits per heavy atom. The molecule has 0 saturated carbocycles. The zero-order chi connectivity index (χ0) is 46.2. The zero-order valence-electron chi connectivity index (χ0n) is 38.3. The van der Waals surface area contributed by atoms with Crippen molar-refractivity contribution in [1.29, 1.82) is 0 Å². The summed E-state index contributed by atoms with van der Waals surface area (Å²) in [4.78, 5) is 0. The Balaban J connectivity index is 0.954. The quantitative estimate of drug-likeness (QED) is 0.107. The van der Waals surface area contributed by atoms with Crippen molar-refractivity contribution in [3.05, 3.63) is 273 Å². The van der Waals surface area contributed by atoms with E-state index in [2.05, 4.69) is 287 Å². The van der Waals surface area contributed by atoms with Crippen LogP contribution < -0.4 is 20.7 Å². The van der Waals surface area contributed by atoms with E-state index < -0.39 is 8.07 Å². The van der Waals surface area contributed by atoms with Crippen molar-refractivity contribution in [2.24, 2.45) is 0 Å². The van der Waals surface area contributed by atoms with Gasteiger partial charge < -0.3 is 13.7 Å². The molecule has 0 fully saturated rings. The van der Waals surface area contributed by atoms with Gasteiger partial charge >= 0.3 is 0 Å². The summed E-state index contributed by atoms with van der Waals surface area (Å²) in [5, 5.41) is 12.9. The molecule has 0 N–H and O–H groups in total. The van der Waals surface area contributed by atoms with Crippen molar-refractivity contribution in [2.45, 2.75) is 0 Å². The number of aromatic nitrogens is 3. The van der Waals surface area contributed by atoms with E-state index in [1.165, 1.54) is 97.3 Å². The van der Waals surface area contributed by atoms with Crippen LogP contribution in [0.5, 0.6) is 0 Å². The van der Waals surface area contributed by atoms with Gasteiger partial charge in [0.15, 0.2) is 8.07 Å². The molecule has 4 heteroatoms. The maximum Gasteiger partial charge on any atom is 0.179 e. The van der Waals surface area contributed by atoms with Gasteiger partial charge in [-0.25, -0.2) is 0 Å². The van der Waals surface area contributed by atoms with Gasteiger partial charge in [-0.3, -0.25) is 0 Å². The second-order valence-electron chi connectivity index (χ2n) is 18.4. The maximum atomic E-state index is 2.50. The van der Waals surface area contributed by atoms with E-state index >= 15 is 0 Å². The van der Waals surface area contributed by atoms with Crippen LogP contribution in [-0.4, -0.2) is 21.8 Å². The summed E-state index contributed by atoms with van der Waals surface area (Å²) in [6, 6.07) is 101. The molecule has 0 unspecified atom stereocenters. The first-order valence-electron chi connectivity index (χ1n) is 24.2. The van der Waals surface area contributed by atoms with E-state index in [-0.39, 0.29) is 0 Å². The van der Waals surface area contributed by atoms with Crippen LogP contribution in [0.25, 0.3) is 93.6 Å². The Labute approximate surface area is 407 Å². The van der Waals surface area contributed by atoms with Crippen molar-refractivity contribution in [3.63, 3.8) is 0 Å². The summed E-state index contributed by atoms with van der Waals surface area (Å²) in [6.45, 7) is 0. The minimum Gasteiger partial charge on any atom is -0.309 e. The van der Waals surface area contributed by atoms with Gasteiger partial charge in [0.2, 0.25) is 0 Å². The van der Waals surface area contributed by atoms with Gasteiger partial charge in [-0.05, 0) is 93.0 Å². The molecule has 3 nitrogen and oxygen atoms in total. The number of nitrogens with zero attached hydrogens (tertiary/aromatic N) is 3. The summed E-state index contributed by atoms with van der Waals surface area (Å²) in [5.41, 5.74) is 13.0. The molecule has 3 aromatic heterocycles. The van der Waals surface area contributed by atoms with Crippen LogP contribution in [0, 0.1) is 0 Å². The smallest absolute Gasteiger partial charge is 0.179 e. The molecule has 0 bridgehead atoms. The lowest BCUT2D eigenvalue weighted by molar-refractivity contribution is 1.17. The SMILES string of the molecule is c1ccc(-n2c3ccccc3c3ccc(-c4cccc5c6ccccc6n(-c6ccc7c(c6)c6ccccc6n7-c6ccc([Si](c7ccccc7)(c7ccccc7)c7ccccc7)cc6)c45)cc32)cc1. The minimum absolute atomic E-state index is 1.13. The third-order valence-electron chi connectivity index (χ3n) is 14.8. The number of hydrogen-bond donors (Lipinski definition) is 0. The Morgan fingerprint density at radius 3 is 1.24 bits per heavy atom. The summed E-state index contributed by atoms with van der Waals surface area (Å²) < 4.78 is 7.36. The van der Waals surface area contributed by atoms with Crippen molar-refractivity contribution in [1.82, 2.24) is 13.7 Å². The molecule has 328 valence electrons. The molecule has 0 atom stereocenters. The van der Waals surface area contributed by atoms with Gasteiger partial charge in [0.1, 0.15) is 0 Å². The first kappa shape index (κ1) is 40.1. The Kier molecular flexibility index (Phi) is 9.23. The Hall–Kier alpha value is -8.96. The highest BCUT2D eigenvalue weighted by Crippen LogP contribution is 2.42. The second-order valence-corrected chi connectivity index (χ2v) is 22.2. The Morgan fingerprint density at radius 2 is 0.643 bits per heavy atom. The highest BCUT2D eigenvalue weighted by Gasteiger charge is 2.41. The van der Waals surface area contributed by atoms with Gasteiger partial charge in [-0.2, -0.15) is 0 Å². The Bertz CT molecular complexity index is 4170. The molecule has 14 rings (SSSR count). The van der Waals surface area contributed by atoms with Gasteiger partial charge in [-0.1, -0.05) is 206 Å². The average molecular weight is 908 g/mol. The van der Waals surface area contributed by atoms with E-state index in [0.717, 1.165) is 17.1 Å². The predicted molar refractivity (Wildman–Crippen MR) is 299 cm³/mol. The molecule has 70 heavy (non-hydrogen) atoms. The fourth-order valence-electron chi connectivity index (χ4n) is 11.8. The van der Waals surface area contributed by atoms with E-state index in [1.54, 1.807) is 0 Å². The summed E-state index contributed by atoms with van der Waals surface area (Å²) in [7, 11) is -2.68. The largest absolute Gasteiger partial charge is 0.309 e. The molecular formula is C66H45N3Si. The van der Waals surface area contributed by atoms with Crippen LogP contribution in [0.1, 0.15) is 0 Å². The lowest BCUT2D eigenvalue weighted by Gasteiger charge is -2.34. The molecule has 0 aliphatic carbocycles. The predicted octanol–water partition coefficient (Wildman–Crippen LogP) is 14.0. The molecule has 0 aliphatic rings. The molecule has 0 spiro atoms. The van der Waals surface area contributed by atoms with Gasteiger partial charge in [-0.15, -0.1) is 0 Å². The number of rotatable bonds is 8. The second kappa shape index (κ2) is 16.1. The van der Waals surface area contributed by atoms with Crippen molar-refractivity contribution >= 4 is 94.2 Å². The molecule has 0 radical (unpaired) electrons. The van der Waals surface area contributed by atoms with Crippen molar-refractivity contribution in [3.8, 4) is 28.2 Å². The molecule has 0 amide bonds. The normalized spacial score (nSPS) is 12.0. The van der Waals surface area contributed by atoms with E-state index in [4.69, 9.17) is 0 Å². The zero-order valence-corrected chi connectivity index (χ0v) is 39.3. The van der Waals surface area contributed by atoms with E-state index in [9.17, 15) is 0 Å². The number of hydrogen-bond acceptors (Lipinski definition) is 0. The van der Waals surface area contributed by atoms with Crippen molar-refractivity contribution < 1.29 is 0 Å². The number of benzene rings is 11. The maximum absolute atomic E-state index is 2.68. The van der Waals surface area contributed by atoms with Gasteiger partial charge in [0.25, 0.3) is 0 Å². The van der Waals surface area contributed by atoms with Gasteiger partial charge in [0.05, 0.1) is 33.1 Å². The van der Waals surface area contributed by atoms with Crippen LogP contribution in [-0.2, 0) is 0 Å². The summed E-state index contributed by atoms with van der Waals surface area (Å²) >= 11 is 0. The summed E-state index contributed by atoms with van der Waals surface area (Å²) in [5.74, 6) is 0. The molecule has 0 aliphatic heterocycles. The monoisotopic (exact) mass is 907 g/mol.